The molecule has 1 unspecified atom stereocenters. The summed E-state index contributed by atoms with van der Waals surface area (Å²) in [5, 5.41) is 0.615. The molecule has 2 amide bonds. The number of carbonyl (C=O) groups is 2. The van der Waals surface area contributed by atoms with Crippen LogP contribution in [0.2, 0.25) is 0 Å². The third-order valence-electron chi connectivity index (χ3n) is 5.76. The lowest BCUT2D eigenvalue weighted by atomic mass is 10.1. The number of thiazole rings is 1. The minimum Gasteiger partial charge on any atom is -0.497 e. The number of carbonyl (C=O) groups excluding carboxylic acids is 2. The number of amides is 2. The molecule has 1 saturated heterocycles. The molecule has 0 saturated carbocycles. The van der Waals surface area contributed by atoms with Crippen molar-refractivity contribution in [3.63, 3.8) is 0 Å². The Labute approximate surface area is 195 Å². The second-order valence-electron chi connectivity index (χ2n) is 7.99. The van der Waals surface area contributed by atoms with Gasteiger partial charge in [0.15, 0.2) is 5.13 Å². The Hall–Kier alpha value is -3.65. The standard InChI is InChI=1S/C25H23N3O4S/c1-31-19-9-10-21-22(13-19)33-25(26-21)28(14-17-6-3-2-4-7-17)24(30)18-12-23(29)27(15-18)16-20-8-5-11-32-20/h2-11,13,18H,12,14-16H2,1H3. The average Bonchev–Trinajstić information content (AvgIpc) is 3.58. The molecule has 33 heavy (non-hydrogen) atoms. The number of aromatic nitrogens is 1. The van der Waals surface area contributed by atoms with Crippen molar-refractivity contribution in [2.24, 2.45) is 5.92 Å². The molecule has 8 heteroatoms. The van der Waals surface area contributed by atoms with E-state index in [1.54, 1.807) is 29.2 Å². The van der Waals surface area contributed by atoms with Crippen LogP contribution in [0.4, 0.5) is 5.13 Å². The molecule has 0 spiro atoms. The summed E-state index contributed by atoms with van der Waals surface area (Å²) in [4.78, 5) is 34.5. The van der Waals surface area contributed by atoms with Crippen LogP contribution in [0.3, 0.4) is 0 Å². The lowest BCUT2D eigenvalue weighted by Gasteiger charge is -2.23. The molecule has 0 bridgehead atoms. The van der Waals surface area contributed by atoms with Crippen molar-refractivity contribution in [3.05, 3.63) is 78.3 Å². The zero-order chi connectivity index (χ0) is 22.8. The number of ether oxygens (including phenoxy) is 1. The van der Waals surface area contributed by atoms with Crippen molar-refractivity contribution in [2.75, 3.05) is 18.6 Å². The summed E-state index contributed by atoms with van der Waals surface area (Å²) in [6.07, 6.45) is 1.77. The Morgan fingerprint density at radius 2 is 2.06 bits per heavy atom. The van der Waals surface area contributed by atoms with E-state index in [0.717, 1.165) is 21.5 Å². The molecule has 5 rings (SSSR count). The van der Waals surface area contributed by atoms with Crippen LogP contribution in [0.25, 0.3) is 10.2 Å². The first-order valence-electron chi connectivity index (χ1n) is 10.7. The molecule has 2 aromatic heterocycles. The lowest BCUT2D eigenvalue weighted by molar-refractivity contribution is -0.129. The average molecular weight is 462 g/mol. The maximum atomic E-state index is 13.7. The van der Waals surface area contributed by atoms with Crippen LogP contribution in [0, 0.1) is 5.92 Å². The number of anilines is 1. The van der Waals surface area contributed by atoms with Crippen molar-refractivity contribution >= 4 is 38.5 Å². The highest BCUT2D eigenvalue weighted by Crippen LogP contribution is 2.34. The Morgan fingerprint density at radius 1 is 1.21 bits per heavy atom. The largest absolute Gasteiger partial charge is 0.497 e. The van der Waals surface area contributed by atoms with Crippen LogP contribution in [0.15, 0.2) is 71.3 Å². The third-order valence-corrected chi connectivity index (χ3v) is 6.80. The van der Waals surface area contributed by atoms with E-state index in [4.69, 9.17) is 14.1 Å². The predicted octanol–water partition coefficient (Wildman–Crippen LogP) is 4.48. The normalized spacial score (nSPS) is 15.8. The van der Waals surface area contributed by atoms with Crippen LogP contribution < -0.4 is 9.64 Å². The van der Waals surface area contributed by atoms with Gasteiger partial charge in [-0.3, -0.25) is 14.5 Å². The number of furan rings is 1. The highest BCUT2D eigenvalue weighted by atomic mass is 32.1. The molecule has 1 atom stereocenters. The van der Waals surface area contributed by atoms with E-state index in [-0.39, 0.29) is 18.2 Å². The molecule has 168 valence electrons. The second-order valence-corrected chi connectivity index (χ2v) is 9.00. The van der Waals surface area contributed by atoms with E-state index in [2.05, 4.69) is 0 Å². The van der Waals surface area contributed by atoms with Crippen LogP contribution in [0.1, 0.15) is 17.7 Å². The maximum Gasteiger partial charge on any atom is 0.234 e. The van der Waals surface area contributed by atoms with Gasteiger partial charge in [-0.05, 0) is 35.9 Å². The first kappa shape index (κ1) is 21.2. The SMILES string of the molecule is COc1ccc2nc(N(Cc3ccccc3)C(=O)C3CC(=O)N(Cc4ccco4)C3)sc2c1. The molecule has 1 aliphatic heterocycles. The molecule has 7 nitrogen and oxygen atoms in total. The van der Waals surface area contributed by atoms with Crippen LogP contribution in [-0.2, 0) is 22.7 Å². The molecule has 3 heterocycles. The number of likely N-dealkylation sites (tertiary alicyclic amines) is 1. The molecular weight excluding hydrogens is 438 g/mol. The molecule has 4 aromatic rings. The fourth-order valence-electron chi connectivity index (χ4n) is 4.04. The van der Waals surface area contributed by atoms with E-state index in [1.807, 2.05) is 54.6 Å². The number of hydrogen-bond donors (Lipinski definition) is 0. The number of nitrogens with zero attached hydrogens (tertiary/aromatic N) is 3. The van der Waals surface area contributed by atoms with Gasteiger partial charge in [-0.15, -0.1) is 0 Å². The van der Waals surface area contributed by atoms with Crippen molar-refractivity contribution in [3.8, 4) is 5.75 Å². The minimum atomic E-state index is -0.433. The summed E-state index contributed by atoms with van der Waals surface area (Å²) < 4.78 is 11.7. The summed E-state index contributed by atoms with van der Waals surface area (Å²) in [6, 6.07) is 19.1. The van der Waals surface area contributed by atoms with Gasteiger partial charge < -0.3 is 14.1 Å². The Bertz CT molecular complexity index is 1270. The van der Waals surface area contributed by atoms with E-state index >= 15 is 0 Å². The highest BCUT2D eigenvalue weighted by molar-refractivity contribution is 7.22. The zero-order valence-electron chi connectivity index (χ0n) is 18.1. The van der Waals surface area contributed by atoms with E-state index < -0.39 is 5.92 Å². The topological polar surface area (TPSA) is 75.9 Å². The predicted molar refractivity (Wildman–Crippen MR) is 126 cm³/mol. The molecule has 0 radical (unpaired) electrons. The number of fused-ring (bicyclic) bond motifs is 1. The number of hydrogen-bond acceptors (Lipinski definition) is 6. The van der Waals surface area contributed by atoms with E-state index in [0.29, 0.717) is 30.5 Å². The molecule has 0 N–H and O–H groups in total. The molecule has 1 fully saturated rings. The van der Waals surface area contributed by atoms with Gasteiger partial charge in [0.25, 0.3) is 0 Å². The second kappa shape index (κ2) is 9.07. The van der Waals surface area contributed by atoms with Crippen molar-refractivity contribution in [1.82, 2.24) is 9.88 Å². The van der Waals surface area contributed by atoms with Gasteiger partial charge in [0.2, 0.25) is 11.8 Å². The first-order chi connectivity index (χ1) is 16.1. The number of benzene rings is 2. The zero-order valence-corrected chi connectivity index (χ0v) is 19.0. The smallest absolute Gasteiger partial charge is 0.234 e. The van der Waals surface area contributed by atoms with Gasteiger partial charge in [0.05, 0.1) is 42.6 Å². The van der Waals surface area contributed by atoms with Gasteiger partial charge in [0.1, 0.15) is 11.5 Å². The Kier molecular flexibility index (Phi) is 5.83. The van der Waals surface area contributed by atoms with Crippen LogP contribution in [0.5, 0.6) is 5.75 Å². The monoisotopic (exact) mass is 461 g/mol. The Morgan fingerprint density at radius 3 is 2.82 bits per heavy atom. The van der Waals surface area contributed by atoms with Gasteiger partial charge >= 0.3 is 0 Å². The van der Waals surface area contributed by atoms with Crippen molar-refractivity contribution in [2.45, 2.75) is 19.5 Å². The number of methoxy groups -OCH3 is 1. The highest BCUT2D eigenvalue weighted by Gasteiger charge is 2.38. The summed E-state index contributed by atoms with van der Waals surface area (Å²) >= 11 is 1.45. The summed E-state index contributed by atoms with van der Waals surface area (Å²) in [6.45, 7) is 1.12. The van der Waals surface area contributed by atoms with Crippen molar-refractivity contribution < 1.29 is 18.7 Å². The van der Waals surface area contributed by atoms with E-state index in [1.165, 1.54) is 11.3 Å². The maximum absolute atomic E-state index is 13.7. The number of rotatable bonds is 7. The van der Waals surface area contributed by atoms with Gasteiger partial charge in [0, 0.05) is 13.0 Å². The first-order valence-corrected chi connectivity index (χ1v) is 11.5. The summed E-state index contributed by atoms with van der Waals surface area (Å²) in [5.41, 5.74) is 1.81. The van der Waals surface area contributed by atoms with Crippen LogP contribution >= 0.6 is 11.3 Å². The molecule has 0 aliphatic carbocycles. The minimum absolute atomic E-state index is 0.0431. The van der Waals surface area contributed by atoms with Crippen LogP contribution in [-0.4, -0.2) is 35.4 Å². The van der Waals surface area contributed by atoms with Gasteiger partial charge in [-0.1, -0.05) is 41.7 Å². The quantitative estimate of drug-likeness (QED) is 0.406. The summed E-state index contributed by atoms with van der Waals surface area (Å²) in [5.74, 6) is 0.877. The van der Waals surface area contributed by atoms with Gasteiger partial charge in [-0.2, -0.15) is 0 Å². The van der Waals surface area contributed by atoms with E-state index in [9.17, 15) is 9.59 Å². The lowest BCUT2D eigenvalue weighted by Crippen LogP contribution is -2.37. The van der Waals surface area contributed by atoms with Crippen molar-refractivity contribution in [1.29, 1.82) is 0 Å². The Balaban J connectivity index is 1.43. The molecular formula is C25H23N3O4S. The molecule has 1 aliphatic rings. The fraction of sp³-hybridized carbons (Fsp3) is 0.240. The summed E-state index contributed by atoms with van der Waals surface area (Å²) in [7, 11) is 1.62. The third kappa shape index (κ3) is 4.47. The fourth-order valence-corrected chi connectivity index (χ4v) is 5.04. The molecule has 2 aromatic carbocycles. The van der Waals surface area contributed by atoms with Gasteiger partial charge in [-0.25, -0.2) is 4.98 Å².